The molecule has 0 spiro atoms. The van der Waals surface area contributed by atoms with Gasteiger partial charge < -0.3 is 19.9 Å². The molecule has 0 aliphatic carbocycles. The average molecular weight is 339 g/mol. The highest BCUT2D eigenvalue weighted by Crippen LogP contribution is 2.38. The summed E-state index contributed by atoms with van der Waals surface area (Å²) < 4.78 is 5.90. The lowest BCUT2D eigenvalue weighted by Gasteiger charge is -2.13. The second-order valence-electron chi connectivity index (χ2n) is 6.44. The molecule has 0 aliphatic rings. The predicted molar refractivity (Wildman–Crippen MR) is 99.2 cm³/mol. The fourth-order valence-electron chi connectivity index (χ4n) is 2.70. The van der Waals surface area contributed by atoms with Crippen molar-refractivity contribution in [2.75, 3.05) is 11.9 Å². The van der Waals surface area contributed by atoms with Gasteiger partial charge in [0.15, 0.2) is 11.0 Å². The summed E-state index contributed by atoms with van der Waals surface area (Å²) in [5, 5.41) is 23.5. The molecule has 130 valence electrons. The van der Waals surface area contributed by atoms with Gasteiger partial charge in [0.05, 0.1) is 0 Å². The van der Waals surface area contributed by atoms with Crippen LogP contribution in [0.15, 0.2) is 51.7 Å². The minimum absolute atomic E-state index is 0.0597. The number of nitrogens with one attached hydrogen (secondary N) is 1. The molecule has 0 bridgehead atoms. The van der Waals surface area contributed by atoms with Crippen molar-refractivity contribution in [1.29, 1.82) is 0 Å². The van der Waals surface area contributed by atoms with Crippen LogP contribution in [0.3, 0.4) is 0 Å². The van der Waals surface area contributed by atoms with Crippen molar-refractivity contribution >= 4 is 16.7 Å². The molecule has 3 aromatic rings. The van der Waals surface area contributed by atoms with Crippen LogP contribution in [-0.2, 0) is 0 Å². The predicted octanol–water partition coefficient (Wildman–Crippen LogP) is 4.33. The SMILES string of the molecule is CC(C)CCNc1c(O)cc(O)c2c(=O)cc(-c3ccccc3)oc12. The summed E-state index contributed by atoms with van der Waals surface area (Å²) >= 11 is 0. The monoisotopic (exact) mass is 339 g/mol. The highest BCUT2D eigenvalue weighted by Gasteiger charge is 2.18. The van der Waals surface area contributed by atoms with E-state index in [0.29, 0.717) is 23.9 Å². The first kappa shape index (κ1) is 16.9. The van der Waals surface area contributed by atoms with E-state index in [1.165, 1.54) is 12.1 Å². The van der Waals surface area contributed by atoms with E-state index < -0.39 is 0 Å². The number of rotatable bonds is 5. The van der Waals surface area contributed by atoms with Crippen LogP contribution in [0.5, 0.6) is 11.5 Å². The summed E-state index contributed by atoms with van der Waals surface area (Å²) in [5.74, 6) is 0.428. The molecule has 0 atom stereocenters. The molecule has 25 heavy (non-hydrogen) atoms. The summed E-state index contributed by atoms with van der Waals surface area (Å²) in [5.41, 5.74) is 0.873. The fourth-order valence-corrected chi connectivity index (χ4v) is 2.70. The first-order valence-electron chi connectivity index (χ1n) is 8.29. The zero-order valence-corrected chi connectivity index (χ0v) is 14.2. The van der Waals surface area contributed by atoms with Crippen molar-refractivity contribution in [2.24, 2.45) is 5.92 Å². The number of fused-ring (bicyclic) bond motifs is 1. The van der Waals surface area contributed by atoms with Crippen molar-refractivity contribution in [3.05, 3.63) is 52.7 Å². The van der Waals surface area contributed by atoms with Crippen LogP contribution in [0.1, 0.15) is 20.3 Å². The molecule has 1 aromatic heterocycles. The Labute approximate surface area is 145 Å². The largest absolute Gasteiger partial charge is 0.507 e. The molecule has 0 fully saturated rings. The zero-order valence-electron chi connectivity index (χ0n) is 14.2. The van der Waals surface area contributed by atoms with Gasteiger partial charge in [0.2, 0.25) is 0 Å². The van der Waals surface area contributed by atoms with Gasteiger partial charge in [-0.05, 0) is 12.3 Å². The quantitative estimate of drug-likeness (QED) is 0.476. The molecule has 1 heterocycles. The van der Waals surface area contributed by atoms with Crippen LogP contribution >= 0.6 is 0 Å². The Hall–Kier alpha value is -2.95. The molecule has 0 radical (unpaired) electrons. The van der Waals surface area contributed by atoms with Crippen molar-refractivity contribution in [2.45, 2.75) is 20.3 Å². The van der Waals surface area contributed by atoms with Gasteiger partial charge in [-0.3, -0.25) is 4.79 Å². The lowest BCUT2D eigenvalue weighted by Crippen LogP contribution is -2.08. The standard InChI is InChI=1S/C20H21NO4/c1-12(2)8-9-21-19-16(24)10-14(22)18-15(23)11-17(25-20(18)19)13-6-4-3-5-7-13/h3-7,10-12,21-22,24H,8-9H2,1-2H3. The minimum Gasteiger partial charge on any atom is -0.507 e. The van der Waals surface area contributed by atoms with E-state index in [1.807, 2.05) is 30.3 Å². The van der Waals surface area contributed by atoms with Gasteiger partial charge in [0, 0.05) is 24.2 Å². The van der Waals surface area contributed by atoms with Crippen LogP contribution in [0, 0.1) is 5.92 Å². The van der Waals surface area contributed by atoms with Gasteiger partial charge in [-0.15, -0.1) is 0 Å². The highest BCUT2D eigenvalue weighted by atomic mass is 16.3. The molecular weight excluding hydrogens is 318 g/mol. The number of aromatic hydroxyl groups is 2. The molecule has 0 unspecified atom stereocenters. The Kier molecular flexibility index (Phi) is 4.65. The van der Waals surface area contributed by atoms with Gasteiger partial charge in [0.25, 0.3) is 0 Å². The molecule has 5 heteroatoms. The van der Waals surface area contributed by atoms with Gasteiger partial charge in [0.1, 0.15) is 28.3 Å². The Morgan fingerprint density at radius 2 is 1.80 bits per heavy atom. The maximum Gasteiger partial charge on any atom is 0.197 e. The third kappa shape index (κ3) is 3.45. The van der Waals surface area contributed by atoms with E-state index in [9.17, 15) is 15.0 Å². The number of phenols is 2. The summed E-state index contributed by atoms with van der Waals surface area (Å²) in [6, 6.07) is 11.8. The average Bonchev–Trinajstić information content (AvgIpc) is 2.57. The summed E-state index contributed by atoms with van der Waals surface area (Å²) in [4.78, 5) is 12.5. The lowest BCUT2D eigenvalue weighted by molar-refractivity contribution is 0.453. The van der Waals surface area contributed by atoms with Crippen molar-refractivity contribution in [3.8, 4) is 22.8 Å². The maximum atomic E-state index is 12.5. The van der Waals surface area contributed by atoms with Gasteiger partial charge in [-0.1, -0.05) is 44.2 Å². The van der Waals surface area contributed by atoms with Crippen LogP contribution in [-0.4, -0.2) is 16.8 Å². The van der Waals surface area contributed by atoms with Crippen LogP contribution in [0.2, 0.25) is 0 Å². The van der Waals surface area contributed by atoms with Gasteiger partial charge in [-0.2, -0.15) is 0 Å². The summed E-state index contributed by atoms with van der Waals surface area (Å²) in [6.45, 7) is 4.82. The molecule has 5 nitrogen and oxygen atoms in total. The molecule has 2 aromatic carbocycles. The third-order valence-corrected chi connectivity index (χ3v) is 4.04. The first-order chi connectivity index (χ1) is 12.0. The summed E-state index contributed by atoms with van der Waals surface area (Å²) in [7, 11) is 0. The molecule has 0 saturated heterocycles. The maximum absolute atomic E-state index is 12.5. The molecule has 0 aliphatic heterocycles. The van der Waals surface area contributed by atoms with E-state index in [1.54, 1.807) is 0 Å². The van der Waals surface area contributed by atoms with Crippen LogP contribution < -0.4 is 10.7 Å². The van der Waals surface area contributed by atoms with E-state index in [0.717, 1.165) is 12.0 Å². The molecule has 0 amide bonds. The van der Waals surface area contributed by atoms with Crippen molar-refractivity contribution < 1.29 is 14.6 Å². The number of anilines is 1. The second-order valence-corrected chi connectivity index (χ2v) is 6.44. The van der Waals surface area contributed by atoms with Gasteiger partial charge >= 0.3 is 0 Å². The lowest BCUT2D eigenvalue weighted by atomic mass is 10.1. The van der Waals surface area contributed by atoms with Crippen molar-refractivity contribution in [1.82, 2.24) is 0 Å². The topological polar surface area (TPSA) is 82.7 Å². The number of hydrogen-bond donors (Lipinski definition) is 3. The van der Waals surface area contributed by atoms with E-state index in [-0.39, 0.29) is 27.9 Å². The molecule has 3 N–H and O–H groups in total. The normalized spacial score (nSPS) is 11.2. The fraction of sp³-hybridized carbons (Fsp3) is 0.250. The highest BCUT2D eigenvalue weighted by molar-refractivity contribution is 5.96. The Bertz CT molecular complexity index is 945. The van der Waals surface area contributed by atoms with Crippen LogP contribution in [0.4, 0.5) is 5.69 Å². The van der Waals surface area contributed by atoms with E-state index >= 15 is 0 Å². The van der Waals surface area contributed by atoms with E-state index in [4.69, 9.17) is 4.42 Å². The Morgan fingerprint density at radius 1 is 1.08 bits per heavy atom. The number of phenolic OH excluding ortho intramolecular Hbond substituents is 2. The molecule has 0 saturated carbocycles. The number of hydrogen-bond acceptors (Lipinski definition) is 5. The minimum atomic E-state index is -0.357. The second kappa shape index (κ2) is 6.89. The Morgan fingerprint density at radius 3 is 2.48 bits per heavy atom. The third-order valence-electron chi connectivity index (χ3n) is 4.04. The Balaban J connectivity index is 2.17. The van der Waals surface area contributed by atoms with Gasteiger partial charge in [-0.25, -0.2) is 0 Å². The summed E-state index contributed by atoms with van der Waals surface area (Å²) in [6.07, 6.45) is 0.893. The zero-order chi connectivity index (χ0) is 18.0. The smallest absolute Gasteiger partial charge is 0.197 e. The molecular formula is C20H21NO4. The van der Waals surface area contributed by atoms with Crippen LogP contribution in [0.25, 0.3) is 22.3 Å². The molecule has 3 rings (SSSR count). The first-order valence-corrected chi connectivity index (χ1v) is 8.29. The van der Waals surface area contributed by atoms with E-state index in [2.05, 4.69) is 19.2 Å². The van der Waals surface area contributed by atoms with Crippen molar-refractivity contribution in [3.63, 3.8) is 0 Å². The number of benzene rings is 2.